The van der Waals surface area contributed by atoms with Gasteiger partial charge in [0.15, 0.2) is 0 Å². The molecule has 0 spiro atoms. The summed E-state index contributed by atoms with van der Waals surface area (Å²) in [5.74, 6) is 1.81. The van der Waals surface area contributed by atoms with Crippen LogP contribution in [0, 0.1) is 6.92 Å². The van der Waals surface area contributed by atoms with E-state index in [2.05, 4.69) is 37.3 Å². The molecule has 4 rings (SSSR count). The molecule has 7 nitrogen and oxygen atoms in total. The van der Waals surface area contributed by atoms with E-state index in [4.69, 9.17) is 10.7 Å². The van der Waals surface area contributed by atoms with Crippen molar-refractivity contribution in [3.05, 3.63) is 54.4 Å². The average molecular weight is 347 g/mol. The molecule has 3 heterocycles. The van der Waals surface area contributed by atoms with Crippen molar-refractivity contribution < 1.29 is 0 Å². The quantitative estimate of drug-likeness (QED) is 0.749. The van der Waals surface area contributed by atoms with Crippen LogP contribution >= 0.6 is 0 Å². The first-order chi connectivity index (χ1) is 12.7. The normalized spacial score (nSPS) is 16.7. The highest BCUT2D eigenvalue weighted by atomic mass is 15.3. The molecule has 0 aliphatic carbocycles. The number of nitrogens with zero attached hydrogens (tertiary/aromatic N) is 5. The SMILES string of the molecule is Cc1cc(N)nc(NC2CCN(c3nccc(-c4ccccc4)n3)C2)n1. The van der Waals surface area contributed by atoms with E-state index in [0.717, 1.165) is 42.4 Å². The molecule has 1 aromatic carbocycles. The Labute approximate surface area is 152 Å². The van der Waals surface area contributed by atoms with Crippen LogP contribution in [0.5, 0.6) is 0 Å². The van der Waals surface area contributed by atoms with Gasteiger partial charge in [0.1, 0.15) is 5.82 Å². The summed E-state index contributed by atoms with van der Waals surface area (Å²) >= 11 is 0. The summed E-state index contributed by atoms with van der Waals surface area (Å²) in [5.41, 5.74) is 8.68. The van der Waals surface area contributed by atoms with Gasteiger partial charge in [-0.3, -0.25) is 0 Å². The van der Waals surface area contributed by atoms with Gasteiger partial charge in [-0.25, -0.2) is 15.0 Å². The molecule has 3 aromatic rings. The fraction of sp³-hybridized carbons (Fsp3) is 0.263. The zero-order valence-electron chi connectivity index (χ0n) is 14.6. The first-order valence-electron chi connectivity index (χ1n) is 8.68. The number of aryl methyl sites for hydroxylation is 1. The van der Waals surface area contributed by atoms with E-state index in [9.17, 15) is 0 Å². The van der Waals surface area contributed by atoms with Crippen LogP contribution in [-0.2, 0) is 0 Å². The first-order valence-corrected chi connectivity index (χ1v) is 8.68. The number of benzene rings is 1. The van der Waals surface area contributed by atoms with Crippen LogP contribution in [0.3, 0.4) is 0 Å². The second-order valence-corrected chi connectivity index (χ2v) is 6.44. The van der Waals surface area contributed by atoms with Crippen molar-refractivity contribution in [2.24, 2.45) is 0 Å². The molecule has 3 N–H and O–H groups in total. The Morgan fingerprint density at radius 3 is 2.77 bits per heavy atom. The summed E-state index contributed by atoms with van der Waals surface area (Å²) in [7, 11) is 0. The summed E-state index contributed by atoms with van der Waals surface area (Å²) in [6, 6.07) is 14.1. The molecule has 1 aliphatic rings. The van der Waals surface area contributed by atoms with Gasteiger partial charge in [-0.2, -0.15) is 4.98 Å². The third-order valence-electron chi connectivity index (χ3n) is 4.39. The lowest BCUT2D eigenvalue weighted by Crippen LogP contribution is -2.28. The van der Waals surface area contributed by atoms with E-state index < -0.39 is 0 Å². The van der Waals surface area contributed by atoms with E-state index in [-0.39, 0.29) is 6.04 Å². The summed E-state index contributed by atoms with van der Waals surface area (Å²) in [6.45, 7) is 3.60. The Bertz CT molecular complexity index is 877. The van der Waals surface area contributed by atoms with Crippen LogP contribution in [0.1, 0.15) is 12.1 Å². The zero-order chi connectivity index (χ0) is 17.9. The highest BCUT2D eigenvalue weighted by Crippen LogP contribution is 2.22. The molecule has 7 heteroatoms. The van der Waals surface area contributed by atoms with Crippen molar-refractivity contribution in [3.63, 3.8) is 0 Å². The Hall–Kier alpha value is -3.22. The lowest BCUT2D eigenvalue weighted by atomic mass is 10.1. The van der Waals surface area contributed by atoms with Crippen LogP contribution < -0.4 is 16.0 Å². The van der Waals surface area contributed by atoms with Gasteiger partial charge in [0.25, 0.3) is 0 Å². The van der Waals surface area contributed by atoms with Crippen LogP contribution in [0.25, 0.3) is 11.3 Å². The molecule has 2 aromatic heterocycles. The molecular formula is C19H21N7. The molecule has 0 amide bonds. The van der Waals surface area contributed by atoms with Crippen molar-refractivity contribution in [1.29, 1.82) is 0 Å². The fourth-order valence-electron chi connectivity index (χ4n) is 3.17. The average Bonchev–Trinajstić information content (AvgIpc) is 3.10. The maximum absolute atomic E-state index is 5.80. The summed E-state index contributed by atoms with van der Waals surface area (Å²) < 4.78 is 0. The van der Waals surface area contributed by atoms with Crippen LogP contribution in [0.4, 0.5) is 17.7 Å². The summed E-state index contributed by atoms with van der Waals surface area (Å²) in [6.07, 6.45) is 2.78. The van der Waals surface area contributed by atoms with E-state index in [1.165, 1.54) is 0 Å². The van der Waals surface area contributed by atoms with E-state index in [0.29, 0.717) is 11.8 Å². The molecule has 1 aliphatic heterocycles. The lowest BCUT2D eigenvalue weighted by Gasteiger charge is -2.17. The van der Waals surface area contributed by atoms with Crippen molar-refractivity contribution in [1.82, 2.24) is 19.9 Å². The minimum atomic E-state index is 0.236. The van der Waals surface area contributed by atoms with Gasteiger partial charge < -0.3 is 16.0 Å². The van der Waals surface area contributed by atoms with Crippen LogP contribution in [0.15, 0.2) is 48.7 Å². The summed E-state index contributed by atoms with van der Waals surface area (Å²) in [4.78, 5) is 20.0. The number of nitrogens with two attached hydrogens (primary N) is 1. The standard InChI is InChI=1S/C19H21N7/c1-13-11-17(20)25-18(22-13)23-15-8-10-26(12-15)19-21-9-7-16(24-19)14-5-3-2-4-6-14/h2-7,9,11,15H,8,10,12H2,1H3,(H3,20,22,23,25). The predicted octanol–water partition coefficient (Wildman–Crippen LogP) is 2.52. The Kier molecular flexibility index (Phi) is 4.35. The monoisotopic (exact) mass is 347 g/mol. The van der Waals surface area contributed by atoms with E-state index in [1.54, 1.807) is 6.07 Å². The molecule has 26 heavy (non-hydrogen) atoms. The van der Waals surface area contributed by atoms with E-state index in [1.807, 2.05) is 37.4 Å². The minimum Gasteiger partial charge on any atom is -0.384 e. The highest BCUT2D eigenvalue weighted by molar-refractivity contribution is 5.60. The predicted molar refractivity (Wildman–Crippen MR) is 103 cm³/mol. The topological polar surface area (TPSA) is 92.8 Å². The van der Waals surface area contributed by atoms with Gasteiger partial charge in [-0.05, 0) is 19.4 Å². The Morgan fingerprint density at radius 2 is 1.96 bits per heavy atom. The number of hydrogen-bond acceptors (Lipinski definition) is 7. The fourth-order valence-corrected chi connectivity index (χ4v) is 3.17. The number of anilines is 3. The third-order valence-corrected chi connectivity index (χ3v) is 4.39. The van der Waals surface area contributed by atoms with Crippen molar-refractivity contribution in [3.8, 4) is 11.3 Å². The number of nitrogens with one attached hydrogen (secondary N) is 1. The number of hydrogen-bond donors (Lipinski definition) is 2. The molecule has 0 saturated carbocycles. The van der Waals surface area contributed by atoms with Crippen LogP contribution in [0.2, 0.25) is 0 Å². The van der Waals surface area contributed by atoms with Gasteiger partial charge in [-0.15, -0.1) is 0 Å². The maximum atomic E-state index is 5.80. The zero-order valence-corrected chi connectivity index (χ0v) is 14.6. The van der Waals surface area contributed by atoms with Crippen molar-refractivity contribution in [2.75, 3.05) is 29.0 Å². The largest absolute Gasteiger partial charge is 0.384 e. The molecule has 1 unspecified atom stereocenters. The van der Waals surface area contributed by atoms with Crippen molar-refractivity contribution in [2.45, 2.75) is 19.4 Å². The van der Waals surface area contributed by atoms with Gasteiger partial charge in [0, 0.05) is 42.7 Å². The van der Waals surface area contributed by atoms with Gasteiger partial charge >= 0.3 is 0 Å². The second-order valence-electron chi connectivity index (χ2n) is 6.44. The second kappa shape index (κ2) is 6.95. The number of nitrogen functional groups attached to an aromatic ring is 1. The van der Waals surface area contributed by atoms with Crippen LogP contribution in [-0.4, -0.2) is 39.1 Å². The lowest BCUT2D eigenvalue weighted by molar-refractivity contribution is 0.789. The molecule has 0 bridgehead atoms. The maximum Gasteiger partial charge on any atom is 0.225 e. The number of rotatable bonds is 4. The molecule has 1 atom stereocenters. The molecule has 1 saturated heterocycles. The molecule has 0 radical (unpaired) electrons. The highest BCUT2D eigenvalue weighted by Gasteiger charge is 2.25. The summed E-state index contributed by atoms with van der Waals surface area (Å²) in [5, 5.41) is 3.37. The van der Waals surface area contributed by atoms with Gasteiger partial charge in [-0.1, -0.05) is 30.3 Å². The first kappa shape index (κ1) is 16.3. The smallest absolute Gasteiger partial charge is 0.225 e. The third kappa shape index (κ3) is 3.56. The van der Waals surface area contributed by atoms with E-state index >= 15 is 0 Å². The minimum absolute atomic E-state index is 0.236. The van der Waals surface area contributed by atoms with Crippen molar-refractivity contribution >= 4 is 17.7 Å². The molecule has 132 valence electrons. The Balaban J connectivity index is 1.47. The molecule has 1 fully saturated rings. The van der Waals surface area contributed by atoms with Gasteiger partial charge in [0.05, 0.1) is 5.69 Å². The number of aromatic nitrogens is 4. The van der Waals surface area contributed by atoms with Gasteiger partial charge in [0.2, 0.25) is 11.9 Å². The molecular weight excluding hydrogens is 326 g/mol. The Morgan fingerprint density at radius 1 is 1.12 bits per heavy atom.